The minimum Gasteiger partial charge on any atom is -0.317 e. The van der Waals surface area contributed by atoms with E-state index in [2.05, 4.69) is 20.4 Å². The van der Waals surface area contributed by atoms with Crippen LogP contribution in [-0.2, 0) is 16.1 Å². The summed E-state index contributed by atoms with van der Waals surface area (Å²) in [5.74, 6) is -0.997. The molecule has 1 unspecified atom stereocenters. The zero-order valence-corrected chi connectivity index (χ0v) is 19.6. The first-order valence-electron chi connectivity index (χ1n) is 12.5. The summed E-state index contributed by atoms with van der Waals surface area (Å²) in [7, 11) is 0. The number of piperidine rings is 2. The molecule has 1 aromatic carbocycles. The molecule has 4 aliphatic heterocycles. The van der Waals surface area contributed by atoms with Gasteiger partial charge in [0.1, 0.15) is 6.04 Å². The van der Waals surface area contributed by atoms with Crippen LogP contribution in [0.5, 0.6) is 0 Å². The standard InChI is InChI=1S/C25H33N5O4/c31-22-4-3-21(23(32)27-22)30-24(33)19-2-1-18(15-20(19)25(30)34)16-29-13-11-28(12-14-29)10-7-17-5-8-26-9-6-17/h1-2,15,17,21,26H,3-14,16H2,(H,27,31,32). The first-order valence-corrected chi connectivity index (χ1v) is 12.5. The number of piperazine rings is 1. The smallest absolute Gasteiger partial charge is 0.262 e. The van der Waals surface area contributed by atoms with Crippen molar-refractivity contribution >= 4 is 23.6 Å². The van der Waals surface area contributed by atoms with Crippen molar-refractivity contribution in [1.82, 2.24) is 25.3 Å². The lowest BCUT2D eigenvalue weighted by Crippen LogP contribution is -2.54. The van der Waals surface area contributed by atoms with Gasteiger partial charge < -0.3 is 10.2 Å². The normalized spacial score (nSPS) is 25.1. The number of nitrogens with one attached hydrogen (secondary N) is 2. The number of benzene rings is 1. The van der Waals surface area contributed by atoms with E-state index in [1.165, 1.54) is 25.8 Å². The van der Waals surface area contributed by atoms with Crippen LogP contribution in [0.3, 0.4) is 0 Å². The molecule has 0 aromatic heterocycles. The van der Waals surface area contributed by atoms with E-state index in [-0.39, 0.29) is 18.7 Å². The van der Waals surface area contributed by atoms with E-state index in [1.54, 1.807) is 12.1 Å². The molecule has 0 aliphatic carbocycles. The van der Waals surface area contributed by atoms with Gasteiger partial charge in [-0.3, -0.25) is 34.3 Å². The molecule has 4 heterocycles. The fourth-order valence-corrected chi connectivity index (χ4v) is 5.58. The van der Waals surface area contributed by atoms with E-state index < -0.39 is 23.8 Å². The Morgan fingerprint density at radius 2 is 1.56 bits per heavy atom. The van der Waals surface area contributed by atoms with Crippen LogP contribution in [0.1, 0.15) is 58.4 Å². The third-order valence-electron chi connectivity index (χ3n) is 7.69. The van der Waals surface area contributed by atoms with Crippen LogP contribution in [0.4, 0.5) is 0 Å². The zero-order valence-electron chi connectivity index (χ0n) is 19.6. The Labute approximate surface area is 199 Å². The number of carbonyl (C=O) groups excluding carboxylic acids is 4. The molecule has 9 nitrogen and oxygen atoms in total. The molecule has 0 spiro atoms. The maximum Gasteiger partial charge on any atom is 0.262 e. The lowest BCUT2D eigenvalue weighted by Gasteiger charge is -2.35. The molecule has 5 rings (SSSR count). The summed E-state index contributed by atoms with van der Waals surface area (Å²) < 4.78 is 0. The monoisotopic (exact) mass is 467 g/mol. The number of rotatable bonds is 6. The molecule has 1 aromatic rings. The topological polar surface area (TPSA) is 102 Å². The van der Waals surface area contributed by atoms with Crippen molar-refractivity contribution in [1.29, 1.82) is 0 Å². The van der Waals surface area contributed by atoms with Crippen molar-refractivity contribution in [3.8, 4) is 0 Å². The molecular formula is C25H33N5O4. The van der Waals surface area contributed by atoms with Crippen LogP contribution in [0.25, 0.3) is 0 Å². The summed E-state index contributed by atoms with van der Waals surface area (Å²) >= 11 is 0. The van der Waals surface area contributed by atoms with Gasteiger partial charge in [-0.1, -0.05) is 6.07 Å². The third kappa shape index (κ3) is 4.78. The highest BCUT2D eigenvalue weighted by Gasteiger charge is 2.44. The minimum atomic E-state index is -0.925. The maximum absolute atomic E-state index is 13.0. The number of fused-ring (bicyclic) bond motifs is 1. The fraction of sp³-hybridized carbons (Fsp3) is 0.600. The quantitative estimate of drug-likeness (QED) is 0.591. The number of nitrogens with zero attached hydrogens (tertiary/aromatic N) is 3. The molecule has 34 heavy (non-hydrogen) atoms. The maximum atomic E-state index is 13.0. The number of carbonyl (C=O) groups is 4. The van der Waals surface area contributed by atoms with Crippen molar-refractivity contribution in [2.24, 2.45) is 5.92 Å². The zero-order chi connectivity index (χ0) is 23.7. The molecular weight excluding hydrogens is 434 g/mol. The summed E-state index contributed by atoms with van der Waals surface area (Å²) in [4.78, 5) is 55.6. The highest BCUT2D eigenvalue weighted by Crippen LogP contribution is 2.28. The highest BCUT2D eigenvalue weighted by atomic mass is 16.2. The summed E-state index contributed by atoms with van der Waals surface area (Å²) in [5.41, 5.74) is 1.68. The Morgan fingerprint density at radius 3 is 2.29 bits per heavy atom. The van der Waals surface area contributed by atoms with Gasteiger partial charge in [-0.15, -0.1) is 0 Å². The molecule has 0 saturated carbocycles. The lowest BCUT2D eigenvalue weighted by atomic mass is 9.94. The average Bonchev–Trinajstić information content (AvgIpc) is 3.09. The molecule has 3 saturated heterocycles. The number of imide groups is 2. The molecule has 1 atom stereocenters. The first kappa shape index (κ1) is 23.1. The second kappa shape index (κ2) is 9.93. The Hall–Kier alpha value is -2.62. The van der Waals surface area contributed by atoms with Crippen LogP contribution < -0.4 is 10.6 Å². The lowest BCUT2D eigenvalue weighted by molar-refractivity contribution is -0.136. The Morgan fingerprint density at radius 1 is 0.853 bits per heavy atom. The summed E-state index contributed by atoms with van der Waals surface area (Å²) in [6, 6.07) is 4.48. The summed E-state index contributed by atoms with van der Waals surface area (Å²) in [6.07, 6.45) is 4.16. The van der Waals surface area contributed by atoms with Gasteiger partial charge >= 0.3 is 0 Å². The Kier molecular flexibility index (Phi) is 6.76. The van der Waals surface area contributed by atoms with E-state index in [4.69, 9.17) is 0 Å². The van der Waals surface area contributed by atoms with E-state index in [1.807, 2.05) is 6.07 Å². The van der Waals surface area contributed by atoms with Gasteiger partial charge in [-0.25, -0.2) is 0 Å². The van der Waals surface area contributed by atoms with E-state index >= 15 is 0 Å². The Bertz CT molecular complexity index is 982. The van der Waals surface area contributed by atoms with Crippen molar-refractivity contribution < 1.29 is 19.2 Å². The van der Waals surface area contributed by atoms with Crippen LogP contribution in [0, 0.1) is 5.92 Å². The third-order valence-corrected chi connectivity index (χ3v) is 7.69. The second-order valence-electron chi connectivity index (χ2n) is 9.93. The second-order valence-corrected chi connectivity index (χ2v) is 9.93. The molecule has 2 N–H and O–H groups in total. The van der Waals surface area contributed by atoms with Crippen LogP contribution >= 0.6 is 0 Å². The fourth-order valence-electron chi connectivity index (χ4n) is 5.58. The van der Waals surface area contributed by atoms with Crippen molar-refractivity contribution in [3.63, 3.8) is 0 Å². The van der Waals surface area contributed by atoms with E-state index in [9.17, 15) is 19.2 Å². The SMILES string of the molecule is O=C1CCC(N2C(=O)c3ccc(CN4CCN(CCC5CCNCC5)CC4)cc3C2=O)C(=O)N1. The summed E-state index contributed by atoms with van der Waals surface area (Å²) in [6.45, 7) is 8.28. The van der Waals surface area contributed by atoms with Gasteiger partial charge in [0.15, 0.2) is 0 Å². The van der Waals surface area contributed by atoms with Gasteiger partial charge in [0, 0.05) is 39.1 Å². The van der Waals surface area contributed by atoms with E-state index in [0.717, 1.165) is 62.2 Å². The number of hydrogen-bond acceptors (Lipinski definition) is 7. The van der Waals surface area contributed by atoms with Gasteiger partial charge in [0.05, 0.1) is 11.1 Å². The highest BCUT2D eigenvalue weighted by molar-refractivity contribution is 6.23. The molecule has 4 aliphatic rings. The van der Waals surface area contributed by atoms with Gasteiger partial charge in [0.2, 0.25) is 11.8 Å². The van der Waals surface area contributed by atoms with Crippen LogP contribution in [0.15, 0.2) is 18.2 Å². The van der Waals surface area contributed by atoms with Gasteiger partial charge in [0.25, 0.3) is 11.8 Å². The average molecular weight is 468 g/mol. The summed E-state index contributed by atoms with van der Waals surface area (Å²) in [5, 5.41) is 5.67. The molecule has 4 amide bonds. The first-order chi connectivity index (χ1) is 16.5. The molecule has 0 bridgehead atoms. The van der Waals surface area contributed by atoms with E-state index in [0.29, 0.717) is 11.1 Å². The van der Waals surface area contributed by atoms with Gasteiger partial charge in [-0.2, -0.15) is 0 Å². The largest absolute Gasteiger partial charge is 0.317 e. The Balaban J connectivity index is 1.16. The number of amides is 4. The van der Waals surface area contributed by atoms with Crippen LogP contribution in [0.2, 0.25) is 0 Å². The predicted octanol–water partition coefficient (Wildman–Crippen LogP) is 0.595. The molecule has 9 heteroatoms. The van der Waals surface area contributed by atoms with Crippen molar-refractivity contribution in [3.05, 3.63) is 34.9 Å². The van der Waals surface area contributed by atoms with Crippen molar-refractivity contribution in [2.75, 3.05) is 45.8 Å². The van der Waals surface area contributed by atoms with Gasteiger partial charge in [-0.05, 0) is 68.9 Å². The minimum absolute atomic E-state index is 0.124. The molecule has 3 fully saturated rings. The molecule has 0 radical (unpaired) electrons. The number of hydrogen-bond donors (Lipinski definition) is 2. The predicted molar refractivity (Wildman–Crippen MR) is 125 cm³/mol. The molecule has 182 valence electrons. The van der Waals surface area contributed by atoms with Crippen molar-refractivity contribution in [2.45, 2.75) is 44.7 Å². The van der Waals surface area contributed by atoms with Crippen LogP contribution in [-0.4, -0.2) is 90.2 Å².